The zero-order chi connectivity index (χ0) is 18.2. The number of nitrogens with zero attached hydrogens (tertiary/aromatic N) is 2. The predicted molar refractivity (Wildman–Crippen MR) is 97.7 cm³/mol. The fraction of sp³-hybridized carbons (Fsp3) is 0.421. The number of aliphatic carboxylic acids is 1. The summed E-state index contributed by atoms with van der Waals surface area (Å²) in [6.45, 7) is 6.45. The standard InChI is InChI=1S/C19H22N2O3S/c1-12-4-6-14(7-5-12)17-15(25-13(2)20-17)10-16(22)21-9-8-19(3,11-21)18(23)24/h4-7H,8-11H2,1-3H3,(H,23,24). The van der Waals surface area contributed by atoms with Crippen molar-refractivity contribution in [1.29, 1.82) is 0 Å². The molecule has 1 aromatic carbocycles. The second-order valence-corrected chi connectivity index (χ2v) is 8.27. The number of aromatic nitrogens is 1. The number of rotatable bonds is 4. The normalized spacial score (nSPS) is 20.0. The van der Waals surface area contributed by atoms with E-state index in [2.05, 4.69) is 4.98 Å². The van der Waals surface area contributed by atoms with Gasteiger partial charge in [-0.1, -0.05) is 29.8 Å². The molecule has 1 amide bonds. The van der Waals surface area contributed by atoms with Crippen LogP contribution in [0.25, 0.3) is 11.3 Å². The van der Waals surface area contributed by atoms with Gasteiger partial charge in [-0.15, -0.1) is 11.3 Å². The highest BCUT2D eigenvalue weighted by molar-refractivity contribution is 7.12. The first-order chi connectivity index (χ1) is 11.8. The first-order valence-corrected chi connectivity index (χ1v) is 9.15. The Labute approximate surface area is 151 Å². The molecule has 0 radical (unpaired) electrons. The Morgan fingerprint density at radius 3 is 2.56 bits per heavy atom. The van der Waals surface area contributed by atoms with Crippen LogP contribution in [0.4, 0.5) is 0 Å². The van der Waals surface area contributed by atoms with Gasteiger partial charge in [0.05, 0.1) is 22.5 Å². The summed E-state index contributed by atoms with van der Waals surface area (Å²) in [4.78, 5) is 31.3. The molecule has 3 rings (SSSR count). The lowest BCUT2D eigenvalue weighted by atomic mass is 9.90. The summed E-state index contributed by atoms with van der Waals surface area (Å²) in [6.07, 6.45) is 0.769. The van der Waals surface area contributed by atoms with Gasteiger partial charge < -0.3 is 10.0 Å². The van der Waals surface area contributed by atoms with Crippen LogP contribution in [0.3, 0.4) is 0 Å². The number of aryl methyl sites for hydroxylation is 2. The van der Waals surface area contributed by atoms with Crippen molar-refractivity contribution in [1.82, 2.24) is 9.88 Å². The molecule has 0 saturated carbocycles. The highest BCUT2D eigenvalue weighted by Gasteiger charge is 2.42. The van der Waals surface area contributed by atoms with E-state index in [0.717, 1.165) is 21.1 Å². The number of amides is 1. The van der Waals surface area contributed by atoms with Crippen molar-refractivity contribution < 1.29 is 14.7 Å². The lowest BCUT2D eigenvalue weighted by molar-refractivity contribution is -0.147. The van der Waals surface area contributed by atoms with Gasteiger partial charge in [0.2, 0.25) is 5.91 Å². The minimum Gasteiger partial charge on any atom is -0.481 e. The van der Waals surface area contributed by atoms with Crippen LogP contribution in [-0.2, 0) is 16.0 Å². The number of carboxylic acid groups (broad SMARTS) is 1. The average Bonchev–Trinajstić information content (AvgIpc) is 3.12. The van der Waals surface area contributed by atoms with Gasteiger partial charge in [-0.25, -0.2) is 4.98 Å². The number of hydrogen-bond donors (Lipinski definition) is 1. The molecular weight excluding hydrogens is 336 g/mol. The summed E-state index contributed by atoms with van der Waals surface area (Å²) in [7, 11) is 0. The molecule has 1 saturated heterocycles. The molecular formula is C19H22N2O3S. The third-order valence-electron chi connectivity index (χ3n) is 4.78. The molecule has 25 heavy (non-hydrogen) atoms. The number of hydrogen-bond acceptors (Lipinski definition) is 4. The minimum atomic E-state index is -0.836. The molecule has 0 spiro atoms. The molecule has 1 unspecified atom stereocenters. The zero-order valence-electron chi connectivity index (χ0n) is 14.7. The van der Waals surface area contributed by atoms with Crippen molar-refractivity contribution in [2.45, 2.75) is 33.6 Å². The largest absolute Gasteiger partial charge is 0.481 e. The van der Waals surface area contributed by atoms with E-state index in [1.807, 2.05) is 38.1 Å². The van der Waals surface area contributed by atoms with E-state index in [1.165, 1.54) is 16.9 Å². The molecule has 1 N–H and O–H groups in total. The van der Waals surface area contributed by atoms with Gasteiger partial charge in [0, 0.05) is 23.5 Å². The summed E-state index contributed by atoms with van der Waals surface area (Å²) < 4.78 is 0. The summed E-state index contributed by atoms with van der Waals surface area (Å²) in [6, 6.07) is 8.12. The van der Waals surface area contributed by atoms with Crippen LogP contribution < -0.4 is 0 Å². The molecule has 5 nitrogen and oxygen atoms in total. The van der Waals surface area contributed by atoms with Crippen LogP contribution in [0.5, 0.6) is 0 Å². The Morgan fingerprint density at radius 2 is 1.96 bits per heavy atom. The van der Waals surface area contributed by atoms with Crippen molar-refractivity contribution in [3.05, 3.63) is 39.7 Å². The smallest absolute Gasteiger partial charge is 0.311 e. The van der Waals surface area contributed by atoms with Gasteiger partial charge in [-0.05, 0) is 27.2 Å². The molecule has 6 heteroatoms. The number of benzene rings is 1. The maximum absolute atomic E-state index is 12.7. The third kappa shape index (κ3) is 3.58. The van der Waals surface area contributed by atoms with Gasteiger partial charge in [0.1, 0.15) is 0 Å². The average molecular weight is 358 g/mol. The molecule has 1 aromatic heterocycles. The minimum absolute atomic E-state index is 0.0259. The molecule has 0 bridgehead atoms. The van der Waals surface area contributed by atoms with Crippen LogP contribution in [0.15, 0.2) is 24.3 Å². The monoisotopic (exact) mass is 358 g/mol. The quantitative estimate of drug-likeness (QED) is 0.910. The molecule has 1 aliphatic rings. The van der Waals surface area contributed by atoms with E-state index in [0.29, 0.717) is 13.0 Å². The van der Waals surface area contributed by atoms with Crippen LogP contribution in [-0.4, -0.2) is 40.0 Å². The third-order valence-corrected chi connectivity index (χ3v) is 5.75. The fourth-order valence-corrected chi connectivity index (χ4v) is 4.07. The van der Waals surface area contributed by atoms with Gasteiger partial charge in [-0.3, -0.25) is 9.59 Å². The molecule has 1 fully saturated rings. The first-order valence-electron chi connectivity index (χ1n) is 8.33. The van der Waals surface area contributed by atoms with E-state index >= 15 is 0 Å². The lowest BCUT2D eigenvalue weighted by Gasteiger charge is -2.20. The Kier molecular flexibility index (Phi) is 4.64. The Hall–Kier alpha value is -2.21. The van der Waals surface area contributed by atoms with E-state index in [1.54, 1.807) is 11.8 Å². The van der Waals surface area contributed by atoms with Crippen LogP contribution in [0, 0.1) is 19.3 Å². The van der Waals surface area contributed by atoms with Gasteiger partial charge >= 0.3 is 5.97 Å². The summed E-state index contributed by atoms with van der Waals surface area (Å²) in [5.74, 6) is -0.862. The Balaban J connectivity index is 1.79. The zero-order valence-corrected chi connectivity index (χ0v) is 15.5. The van der Waals surface area contributed by atoms with Crippen LogP contribution >= 0.6 is 11.3 Å². The van der Waals surface area contributed by atoms with Gasteiger partial charge in [-0.2, -0.15) is 0 Å². The van der Waals surface area contributed by atoms with Crippen LogP contribution in [0.1, 0.15) is 28.8 Å². The lowest BCUT2D eigenvalue weighted by Crippen LogP contribution is -2.35. The van der Waals surface area contributed by atoms with E-state index in [4.69, 9.17) is 0 Å². The van der Waals surface area contributed by atoms with Crippen molar-refractivity contribution in [2.75, 3.05) is 13.1 Å². The summed E-state index contributed by atoms with van der Waals surface area (Å²) in [5.41, 5.74) is 2.21. The summed E-state index contributed by atoms with van der Waals surface area (Å²) >= 11 is 1.53. The first kappa shape index (κ1) is 17.6. The highest BCUT2D eigenvalue weighted by atomic mass is 32.1. The second kappa shape index (κ2) is 6.59. The SMILES string of the molecule is Cc1ccc(-c2nc(C)sc2CC(=O)N2CCC(C)(C(=O)O)C2)cc1. The molecule has 2 aromatic rings. The van der Waals surface area contributed by atoms with E-state index in [-0.39, 0.29) is 18.9 Å². The molecule has 0 aliphatic carbocycles. The number of carbonyl (C=O) groups is 2. The summed E-state index contributed by atoms with van der Waals surface area (Å²) in [5, 5.41) is 10.3. The highest BCUT2D eigenvalue weighted by Crippen LogP contribution is 2.32. The number of carbonyl (C=O) groups excluding carboxylic acids is 1. The van der Waals surface area contributed by atoms with Crippen molar-refractivity contribution in [2.24, 2.45) is 5.41 Å². The van der Waals surface area contributed by atoms with Crippen molar-refractivity contribution in [3.8, 4) is 11.3 Å². The fourth-order valence-electron chi connectivity index (χ4n) is 3.12. The number of likely N-dealkylation sites (tertiary alicyclic amines) is 1. The number of carboxylic acids is 1. The van der Waals surface area contributed by atoms with Gasteiger partial charge in [0.15, 0.2) is 0 Å². The molecule has 1 aliphatic heterocycles. The molecule has 132 valence electrons. The molecule has 1 atom stereocenters. The maximum atomic E-state index is 12.7. The van der Waals surface area contributed by atoms with Gasteiger partial charge in [0.25, 0.3) is 0 Å². The van der Waals surface area contributed by atoms with Crippen molar-refractivity contribution >= 4 is 23.2 Å². The maximum Gasteiger partial charge on any atom is 0.311 e. The second-order valence-electron chi connectivity index (χ2n) is 6.98. The van der Waals surface area contributed by atoms with Crippen molar-refractivity contribution in [3.63, 3.8) is 0 Å². The van der Waals surface area contributed by atoms with E-state index < -0.39 is 11.4 Å². The topological polar surface area (TPSA) is 70.5 Å². The molecule has 2 heterocycles. The predicted octanol–water partition coefficient (Wildman–Crippen LogP) is 3.29. The Bertz CT molecular complexity index is 813. The Morgan fingerprint density at radius 1 is 1.28 bits per heavy atom. The van der Waals surface area contributed by atoms with E-state index in [9.17, 15) is 14.7 Å². The van der Waals surface area contributed by atoms with Crippen LogP contribution in [0.2, 0.25) is 0 Å². The number of thiazole rings is 1.